The lowest BCUT2D eigenvalue weighted by atomic mass is 10.1. The van der Waals surface area contributed by atoms with Crippen LogP contribution in [0.3, 0.4) is 0 Å². The van der Waals surface area contributed by atoms with E-state index in [2.05, 4.69) is 15.3 Å². The van der Waals surface area contributed by atoms with E-state index >= 15 is 0 Å². The Bertz CT molecular complexity index is 648. The highest BCUT2D eigenvalue weighted by molar-refractivity contribution is 5.93. The number of hydrogen-bond donors (Lipinski definition) is 1. The molecule has 1 amide bonds. The molecule has 2 aromatic rings. The fraction of sp³-hybridized carbons (Fsp3) is 0.412. The molecule has 1 aromatic carbocycles. The Morgan fingerprint density at radius 2 is 2.00 bits per heavy atom. The van der Waals surface area contributed by atoms with Crippen molar-refractivity contribution in [2.24, 2.45) is 7.05 Å². The summed E-state index contributed by atoms with van der Waals surface area (Å²) >= 11 is 0. The Labute approximate surface area is 136 Å². The molecule has 1 fully saturated rings. The Kier molecular flexibility index (Phi) is 5.05. The Morgan fingerprint density at radius 3 is 2.74 bits per heavy atom. The normalized spacial score (nSPS) is 15.5. The molecule has 1 N–H and O–H groups in total. The second-order valence-corrected chi connectivity index (χ2v) is 5.61. The molecular formula is C17H22N4O2. The monoisotopic (exact) mass is 314 g/mol. The maximum absolute atomic E-state index is 12.3. The van der Waals surface area contributed by atoms with E-state index < -0.39 is 0 Å². The van der Waals surface area contributed by atoms with Crippen LogP contribution in [0.25, 0.3) is 11.3 Å². The van der Waals surface area contributed by atoms with E-state index in [1.54, 1.807) is 4.68 Å². The summed E-state index contributed by atoms with van der Waals surface area (Å²) in [5, 5.41) is 7.26. The zero-order valence-corrected chi connectivity index (χ0v) is 13.4. The first-order valence-electron chi connectivity index (χ1n) is 7.92. The molecule has 1 aliphatic heterocycles. The van der Waals surface area contributed by atoms with E-state index in [1.165, 1.54) is 0 Å². The molecule has 122 valence electrons. The SMILES string of the molecule is Cn1nc(C(=O)NCCN2CCOCC2)cc1-c1ccccc1. The zero-order valence-electron chi connectivity index (χ0n) is 13.4. The zero-order chi connectivity index (χ0) is 16.1. The first-order chi connectivity index (χ1) is 11.2. The lowest BCUT2D eigenvalue weighted by molar-refractivity contribution is 0.0383. The van der Waals surface area contributed by atoms with Crippen LogP contribution >= 0.6 is 0 Å². The Balaban J connectivity index is 1.57. The summed E-state index contributed by atoms with van der Waals surface area (Å²) in [6.45, 7) is 4.86. The molecule has 3 rings (SSSR count). The Hall–Kier alpha value is -2.18. The minimum absolute atomic E-state index is 0.129. The van der Waals surface area contributed by atoms with E-state index in [0.29, 0.717) is 12.2 Å². The van der Waals surface area contributed by atoms with Crippen LogP contribution in [0.5, 0.6) is 0 Å². The molecule has 0 unspecified atom stereocenters. The number of carbonyl (C=O) groups is 1. The van der Waals surface area contributed by atoms with Gasteiger partial charge in [0.05, 0.1) is 18.9 Å². The van der Waals surface area contributed by atoms with E-state index in [9.17, 15) is 4.79 Å². The number of ether oxygens (including phenoxy) is 1. The van der Waals surface area contributed by atoms with Crippen molar-refractivity contribution in [1.82, 2.24) is 20.0 Å². The first kappa shape index (κ1) is 15.7. The van der Waals surface area contributed by atoms with Crippen LogP contribution in [0.2, 0.25) is 0 Å². The average Bonchev–Trinajstić information content (AvgIpc) is 2.98. The number of amides is 1. The van der Waals surface area contributed by atoms with Gasteiger partial charge < -0.3 is 10.1 Å². The largest absolute Gasteiger partial charge is 0.379 e. The number of nitrogens with one attached hydrogen (secondary N) is 1. The first-order valence-corrected chi connectivity index (χ1v) is 7.92. The van der Waals surface area contributed by atoms with Crippen molar-refractivity contribution >= 4 is 5.91 Å². The number of hydrogen-bond acceptors (Lipinski definition) is 4. The molecule has 6 nitrogen and oxygen atoms in total. The third-order valence-electron chi connectivity index (χ3n) is 4.00. The minimum atomic E-state index is -0.129. The highest BCUT2D eigenvalue weighted by Gasteiger charge is 2.14. The van der Waals surface area contributed by atoms with Gasteiger partial charge in [0.2, 0.25) is 0 Å². The molecule has 2 heterocycles. The van der Waals surface area contributed by atoms with Crippen LogP contribution in [0, 0.1) is 0 Å². The van der Waals surface area contributed by atoms with Gasteiger partial charge in [-0.25, -0.2) is 0 Å². The fourth-order valence-electron chi connectivity index (χ4n) is 2.70. The van der Waals surface area contributed by atoms with Crippen molar-refractivity contribution in [2.75, 3.05) is 39.4 Å². The van der Waals surface area contributed by atoms with Crippen LogP contribution in [-0.2, 0) is 11.8 Å². The molecule has 0 aliphatic carbocycles. The van der Waals surface area contributed by atoms with Crippen LogP contribution in [0.15, 0.2) is 36.4 Å². The summed E-state index contributed by atoms with van der Waals surface area (Å²) in [4.78, 5) is 14.5. The van der Waals surface area contributed by atoms with Gasteiger partial charge in [0.25, 0.3) is 5.91 Å². The van der Waals surface area contributed by atoms with Gasteiger partial charge in [-0.2, -0.15) is 5.10 Å². The quantitative estimate of drug-likeness (QED) is 0.899. The molecule has 6 heteroatoms. The highest BCUT2D eigenvalue weighted by Crippen LogP contribution is 2.19. The van der Waals surface area contributed by atoms with E-state index in [-0.39, 0.29) is 5.91 Å². The van der Waals surface area contributed by atoms with Gasteiger partial charge in [0.1, 0.15) is 0 Å². The smallest absolute Gasteiger partial charge is 0.271 e. The van der Waals surface area contributed by atoms with E-state index in [1.807, 2.05) is 43.4 Å². The van der Waals surface area contributed by atoms with Gasteiger partial charge in [-0.15, -0.1) is 0 Å². The standard InChI is InChI=1S/C17H22N4O2/c1-20-16(14-5-3-2-4-6-14)13-15(19-20)17(22)18-7-8-21-9-11-23-12-10-21/h2-6,13H,7-12H2,1H3,(H,18,22). The second kappa shape index (κ2) is 7.39. The van der Waals surface area contributed by atoms with Crippen LogP contribution < -0.4 is 5.32 Å². The van der Waals surface area contributed by atoms with Crippen molar-refractivity contribution in [2.45, 2.75) is 0 Å². The third kappa shape index (κ3) is 3.97. The number of aromatic nitrogens is 2. The van der Waals surface area contributed by atoms with Crippen molar-refractivity contribution in [3.8, 4) is 11.3 Å². The van der Waals surface area contributed by atoms with Crippen molar-refractivity contribution in [1.29, 1.82) is 0 Å². The van der Waals surface area contributed by atoms with Crippen molar-refractivity contribution in [3.63, 3.8) is 0 Å². The number of rotatable bonds is 5. The van der Waals surface area contributed by atoms with Gasteiger partial charge >= 0.3 is 0 Å². The van der Waals surface area contributed by atoms with Crippen LogP contribution in [-0.4, -0.2) is 60.0 Å². The summed E-state index contributed by atoms with van der Waals surface area (Å²) < 4.78 is 7.05. The second-order valence-electron chi connectivity index (χ2n) is 5.61. The summed E-state index contributed by atoms with van der Waals surface area (Å²) in [6.07, 6.45) is 0. The maximum Gasteiger partial charge on any atom is 0.271 e. The molecule has 0 spiro atoms. The molecular weight excluding hydrogens is 292 g/mol. The van der Waals surface area contributed by atoms with Crippen LogP contribution in [0.1, 0.15) is 10.5 Å². The molecule has 0 atom stereocenters. The van der Waals surface area contributed by atoms with Crippen molar-refractivity contribution in [3.05, 3.63) is 42.1 Å². The van der Waals surface area contributed by atoms with Crippen molar-refractivity contribution < 1.29 is 9.53 Å². The topological polar surface area (TPSA) is 59.4 Å². The van der Waals surface area contributed by atoms with Gasteiger partial charge in [-0.3, -0.25) is 14.4 Å². The number of benzene rings is 1. The molecule has 1 aliphatic rings. The molecule has 0 radical (unpaired) electrons. The van der Waals surface area contributed by atoms with Gasteiger partial charge in [-0.05, 0) is 11.6 Å². The van der Waals surface area contributed by atoms with Gasteiger partial charge in [-0.1, -0.05) is 30.3 Å². The highest BCUT2D eigenvalue weighted by atomic mass is 16.5. The summed E-state index contributed by atoms with van der Waals surface area (Å²) in [5.74, 6) is -0.129. The third-order valence-corrected chi connectivity index (χ3v) is 4.00. The molecule has 1 saturated heterocycles. The maximum atomic E-state index is 12.3. The van der Waals surface area contributed by atoms with Gasteiger partial charge in [0.15, 0.2) is 5.69 Å². The van der Waals surface area contributed by atoms with E-state index in [0.717, 1.165) is 44.1 Å². The van der Waals surface area contributed by atoms with Crippen LogP contribution in [0.4, 0.5) is 0 Å². The average molecular weight is 314 g/mol. The summed E-state index contributed by atoms with van der Waals surface area (Å²) in [5.41, 5.74) is 2.44. The molecule has 1 aromatic heterocycles. The predicted molar refractivity (Wildman–Crippen MR) is 88.2 cm³/mol. The van der Waals surface area contributed by atoms with E-state index in [4.69, 9.17) is 4.74 Å². The fourth-order valence-corrected chi connectivity index (χ4v) is 2.70. The number of morpholine rings is 1. The molecule has 0 saturated carbocycles. The molecule has 23 heavy (non-hydrogen) atoms. The lowest BCUT2D eigenvalue weighted by Crippen LogP contribution is -2.41. The number of nitrogens with zero attached hydrogens (tertiary/aromatic N) is 3. The van der Waals surface area contributed by atoms with Gasteiger partial charge in [0, 0.05) is 33.2 Å². The molecule has 0 bridgehead atoms. The summed E-state index contributed by atoms with van der Waals surface area (Å²) in [7, 11) is 1.85. The Morgan fingerprint density at radius 1 is 1.26 bits per heavy atom. The number of aryl methyl sites for hydroxylation is 1. The minimum Gasteiger partial charge on any atom is -0.379 e. The lowest BCUT2D eigenvalue weighted by Gasteiger charge is -2.26. The predicted octanol–water partition coefficient (Wildman–Crippen LogP) is 1.15. The number of carbonyl (C=O) groups excluding carboxylic acids is 1. The summed E-state index contributed by atoms with van der Waals surface area (Å²) in [6, 6.07) is 11.8.